The van der Waals surface area contributed by atoms with Crippen LogP contribution in [0.1, 0.15) is 17.5 Å². The van der Waals surface area contributed by atoms with Crippen molar-refractivity contribution < 1.29 is 9.47 Å². The van der Waals surface area contributed by atoms with Crippen LogP contribution in [0.15, 0.2) is 18.2 Å². The zero-order valence-corrected chi connectivity index (χ0v) is 8.69. The lowest BCUT2D eigenvalue weighted by atomic mass is 10.1. The van der Waals surface area contributed by atoms with Crippen LogP contribution in [0, 0.1) is 18.3 Å². The summed E-state index contributed by atoms with van der Waals surface area (Å²) in [5, 5.41) is 8.92. The second-order valence-electron chi connectivity index (χ2n) is 3.70. The van der Waals surface area contributed by atoms with Gasteiger partial charge in [0.25, 0.3) is 0 Å². The van der Waals surface area contributed by atoms with Crippen LogP contribution in [-0.2, 0) is 4.74 Å². The van der Waals surface area contributed by atoms with Gasteiger partial charge in [0.05, 0.1) is 11.7 Å². The second-order valence-corrected chi connectivity index (χ2v) is 3.70. The van der Waals surface area contributed by atoms with Crippen molar-refractivity contribution in [3.63, 3.8) is 0 Å². The van der Waals surface area contributed by atoms with Gasteiger partial charge in [-0.25, -0.2) is 0 Å². The number of benzene rings is 1. The number of nitriles is 1. The third kappa shape index (κ3) is 2.28. The fourth-order valence-electron chi connectivity index (χ4n) is 1.46. The molecule has 78 valence electrons. The van der Waals surface area contributed by atoms with Crippen molar-refractivity contribution in [1.82, 2.24) is 0 Å². The van der Waals surface area contributed by atoms with Gasteiger partial charge in [-0.15, -0.1) is 0 Å². The Labute approximate surface area is 89.2 Å². The van der Waals surface area contributed by atoms with Gasteiger partial charge in [0.2, 0.25) is 0 Å². The lowest BCUT2D eigenvalue weighted by molar-refractivity contribution is -0.0721. The van der Waals surface area contributed by atoms with Crippen molar-refractivity contribution in [2.75, 3.05) is 13.2 Å². The molecule has 0 radical (unpaired) electrons. The van der Waals surface area contributed by atoms with E-state index in [0.717, 1.165) is 18.6 Å². The Balaban J connectivity index is 2.03. The van der Waals surface area contributed by atoms with Crippen molar-refractivity contribution in [2.24, 2.45) is 0 Å². The Morgan fingerprint density at radius 1 is 1.60 bits per heavy atom. The molecule has 0 aliphatic carbocycles. The molecule has 1 saturated heterocycles. The van der Waals surface area contributed by atoms with Crippen molar-refractivity contribution in [1.29, 1.82) is 5.26 Å². The zero-order chi connectivity index (χ0) is 10.7. The van der Waals surface area contributed by atoms with E-state index in [1.807, 2.05) is 25.1 Å². The molecule has 1 aliphatic rings. The summed E-state index contributed by atoms with van der Waals surface area (Å²) in [7, 11) is 0. The quantitative estimate of drug-likeness (QED) is 0.754. The Kier molecular flexibility index (Phi) is 2.89. The molecule has 1 atom stereocenters. The Hall–Kier alpha value is -1.53. The molecule has 1 fully saturated rings. The number of hydrogen-bond donors (Lipinski definition) is 0. The first-order chi connectivity index (χ1) is 7.29. The lowest BCUT2D eigenvalue weighted by Crippen LogP contribution is -2.32. The monoisotopic (exact) mass is 203 g/mol. The summed E-state index contributed by atoms with van der Waals surface area (Å²) < 4.78 is 10.8. The molecule has 3 nitrogen and oxygen atoms in total. The summed E-state index contributed by atoms with van der Waals surface area (Å²) in [6.45, 7) is 3.32. The fraction of sp³-hybridized carbons (Fsp3) is 0.417. The van der Waals surface area contributed by atoms with Gasteiger partial charge in [0.1, 0.15) is 18.4 Å². The highest BCUT2D eigenvalue weighted by atomic mass is 16.5. The molecule has 2 rings (SSSR count). The molecule has 0 bridgehead atoms. The fourth-order valence-corrected chi connectivity index (χ4v) is 1.46. The van der Waals surface area contributed by atoms with E-state index < -0.39 is 0 Å². The van der Waals surface area contributed by atoms with Crippen LogP contribution in [0.25, 0.3) is 0 Å². The maximum absolute atomic E-state index is 8.92. The molecular formula is C12H13NO2. The van der Waals surface area contributed by atoms with Gasteiger partial charge >= 0.3 is 0 Å². The maximum atomic E-state index is 8.92. The highest BCUT2D eigenvalue weighted by Crippen LogP contribution is 2.20. The van der Waals surface area contributed by atoms with Crippen LogP contribution in [0.5, 0.6) is 5.75 Å². The van der Waals surface area contributed by atoms with E-state index in [9.17, 15) is 0 Å². The van der Waals surface area contributed by atoms with Crippen LogP contribution in [0.3, 0.4) is 0 Å². The van der Waals surface area contributed by atoms with Crippen LogP contribution >= 0.6 is 0 Å². The first-order valence-corrected chi connectivity index (χ1v) is 5.05. The summed E-state index contributed by atoms with van der Waals surface area (Å²) in [5.41, 5.74) is 1.66. The number of hydrogen-bond acceptors (Lipinski definition) is 3. The lowest BCUT2D eigenvalue weighted by Gasteiger charge is -2.26. The van der Waals surface area contributed by atoms with Crippen molar-refractivity contribution in [3.05, 3.63) is 29.3 Å². The molecule has 0 amide bonds. The molecule has 15 heavy (non-hydrogen) atoms. The normalized spacial score (nSPS) is 19.1. The number of aryl methyl sites for hydroxylation is 1. The first kappa shape index (κ1) is 10.0. The maximum Gasteiger partial charge on any atom is 0.137 e. The van der Waals surface area contributed by atoms with Gasteiger partial charge in [-0.1, -0.05) is 6.07 Å². The first-order valence-electron chi connectivity index (χ1n) is 5.05. The van der Waals surface area contributed by atoms with E-state index in [1.54, 1.807) is 0 Å². The molecule has 0 saturated carbocycles. The molecule has 0 aromatic heterocycles. The van der Waals surface area contributed by atoms with Gasteiger partial charge in [0, 0.05) is 13.0 Å². The van der Waals surface area contributed by atoms with E-state index in [-0.39, 0.29) is 6.10 Å². The molecule has 0 N–H and O–H groups in total. The Morgan fingerprint density at radius 2 is 2.40 bits per heavy atom. The Bertz CT molecular complexity index is 391. The highest BCUT2D eigenvalue weighted by Gasteiger charge is 2.19. The highest BCUT2D eigenvalue weighted by molar-refractivity contribution is 5.45. The topological polar surface area (TPSA) is 42.2 Å². The van der Waals surface area contributed by atoms with Gasteiger partial charge in [-0.2, -0.15) is 5.26 Å². The van der Waals surface area contributed by atoms with E-state index in [2.05, 4.69) is 6.07 Å². The van der Waals surface area contributed by atoms with Crippen molar-refractivity contribution >= 4 is 0 Å². The van der Waals surface area contributed by atoms with Crippen LogP contribution in [0.2, 0.25) is 0 Å². The Morgan fingerprint density at radius 3 is 3.00 bits per heavy atom. The van der Waals surface area contributed by atoms with Crippen LogP contribution in [-0.4, -0.2) is 19.3 Å². The molecule has 1 aromatic rings. The summed E-state index contributed by atoms with van der Waals surface area (Å²) in [6, 6.07) is 7.74. The van der Waals surface area contributed by atoms with Crippen LogP contribution in [0.4, 0.5) is 0 Å². The molecular weight excluding hydrogens is 190 g/mol. The average Bonchev–Trinajstić information content (AvgIpc) is 2.17. The average molecular weight is 203 g/mol. The minimum Gasteiger partial charge on any atom is -0.489 e. The summed E-state index contributed by atoms with van der Waals surface area (Å²) in [5.74, 6) is 0.651. The second kappa shape index (κ2) is 4.33. The molecule has 1 aromatic carbocycles. The standard InChI is InChI=1S/C12H13NO2/c1-9-2-3-12(10(6-9)7-13)15-8-11-4-5-14-11/h2-3,6,11H,4-5,8H2,1H3. The SMILES string of the molecule is Cc1ccc(OCC2CCO2)c(C#N)c1. The molecule has 3 heteroatoms. The minimum absolute atomic E-state index is 0.206. The number of rotatable bonds is 3. The summed E-state index contributed by atoms with van der Waals surface area (Å²) >= 11 is 0. The van der Waals surface area contributed by atoms with Gasteiger partial charge in [-0.3, -0.25) is 0 Å². The predicted octanol–water partition coefficient (Wildman–Crippen LogP) is 2.03. The smallest absolute Gasteiger partial charge is 0.137 e. The van der Waals surface area contributed by atoms with Crippen molar-refractivity contribution in [3.8, 4) is 11.8 Å². The molecule has 0 spiro atoms. The zero-order valence-electron chi connectivity index (χ0n) is 8.69. The largest absolute Gasteiger partial charge is 0.489 e. The van der Waals surface area contributed by atoms with E-state index >= 15 is 0 Å². The van der Waals surface area contributed by atoms with E-state index in [1.165, 1.54) is 0 Å². The van der Waals surface area contributed by atoms with E-state index in [0.29, 0.717) is 17.9 Å². The molecule has 1 heterocycles. The van der Waals surface area contributed by atoms with Gasteiger partial charge < -0.3 is 9.47 Å². The number of ether oxygens (including phenoxy) is 2. The van der Waals surface area contributed by atoms with E-state index in [4.69, 9.17) is 14.7 Å². The third-order valence-electron chi connectivity index (χ3n) is 2.47. The summed E-state index contributed by atoms with van der Waals surface area (Å²) in [4.78, 5) is 0. The van der Waals surface area contributed by atoms with Gasteiger partial charge in [0.15, 0.2) is 0 Å². The minimum atomic E-state index is 0.206. The van der Waals surface area contributed by atoms with Crippen LogP contribution < -0.4 is 4.74 Å². The van der Waals surface area contributed by atoms with Gasteiger partial charge in [-0.05, 0) is 24.6 Å². The predicted molar refractivity (Wildman–Crippen MR) is 55.7 cm³/mol. The third-order valence-corrected chi connectivity index (χ3v) is 2.47. The molecule has 1 aliphatic heterocycles. The summed E-state index contributed by atoms with van der Waals surface area (Å²) in [6.07, 6.45) is 1.26. The van der Waals surface area contributed by atoms with Crippen molar-refractivity contribution in [2.45, 2.75) is 19.4 Å². The number of nitrogens with zero attached hydrogens (tertiary/aromatic N) is 1. The molecule has 1 unspecified atom stereocenters.